The maximum atomic E-state index is 5.83. The fourth-order valence-corrected chi connectivity index (χ4v) is 1.34. The summed E-state index contributed by atoms with van der Waals surface area (Å²) in [4.78, 5) is 2.21. The molecule has 0 aliphatic carbocycles. The second-order valence-electron chi connectivity index (χ2n) is 3.24. The summed E-state index contributed by atoms with van der Waals surface area (Å²) < 4.78 is 5.50. The molecule has 3 nitrogen and oxygen atoms in total. The molecule has 2 atom stereocenters. The quantitative estimate of drug-likeness (QED) is 0.574. The summed E-state index contributed by atoms with van der Waals surface area (Å²) in [6.45, 7) is 2.64. The van der Waals surface area contributed by atoms with Crippen LogP contribution in [-0.2, 0) is 4.74 Å². The average Bonchev–Trinajstić information content (AvgIpc) is 2.05. The van der Waals surface area contributed by atoms with E-state index in [0.717, 1.165) is 19.7 Å². The number of morpholine rings is 1. The van der Waals surface area contributed by atoms with Gasteiger partial charge in [-0.3, -0.25) is 0 Å². The second-order valence-corrected chi connectivity index (χ2v) is 3.24. The smallest absolute Gasteiger partial charge is 0.0862 e. The van der Waals surface area contributed by atoms with E-state index in [-0.39, 0.29) is 12.1 Å². The van der Waals surface area contributed by atoms with E-state index >= 15 is 0 Å². The van der Waals surface area contributed by atoms with E-state index < -0.39 is 0 Å². The van der Waals surface area contributed by atoms with Crippen LogP contribution in [0.5, 0.6) is 0 Å². The number of likely N-dealkylation sites (N-methyl/N-ethyl adjacent to an activating group) is 1. The van der Waals surface area contributed by atoms with Gasteiger partial charge in [0.25, 0.3) is 0 Å². The number of hydrogen-bond donors (Lipinski definition) is 1. The molecule has 1 rings (SSSR count). The number of nitrogens with zero attached hydrogens (tertiary/aromatic N) is 1. The number of rotatable bonds is 2. The van der Waals surface area contributed by atoms with Crippen molar-refractivity contribution in [2.24, 2.45) is 5.73 Å². The van der Waals surface area contributed by atoms with Gasteiger partial charge in [0.2, 0.25) is 0 Å². The van der Waals surface area contributed by atoms with Gasteiger partial charge < -0.3 is 15.4 Å². The zero-order chi connectivity index (χ0) is 8.97. The molecule has 1 saturated heterocycles. The minimum Gasteiger partial charge on any atom is -0.374 e. The molecule has 3 heteroatoms. The molecule has 1 fully saturated rings. The maximum Gasteiger partial charge on any atom is 0.0862 e. The number of nitrogens with two attached hydrogens (primary N) is 1. The van der Waals surface area contributed by atoms with Gasteiger partial charge in [0.05, 0.1) is 12.7 Å². The Hall–Kier alpha value is -0.560. The minimum absolute atomic E-state index is 0.0160. The summed E-state index contributed by atoms with van der Waals surface area (Å²) in [6, 6.07) is -0.0160. The Morgan fingerprint density at radius 3 is 3.17 bits per heavy atom. The number of ether oxygens (including phenoxy) is 1. The lowest BCUT2D eigenvalue weighted by atomic mass is 10.1. The van der Waals surface area contributed by atoms with Crippen LogP contribution in [0.15, 0.2) is 0 Å². The normalized spacial score (nSPS) is 27.9. The lowest BCUT2D eigenvalue weighted by Gasteiger charge is -2.32. The van der Waals surface area contributed by atoms with Crippen molar-refractivity contribution in [1.29, 1.82) is 0 Å². The van der Waals surface area contributed by atoms with Gasteiger partial charge >= 0.3 is 0 Å². The SMILES string of the molecule is C#CCC(N)C1CN(C)CCO1. The summed E-state index contributed by atoms with van der Waals surface area (Å²) in [5.74, 6) is 2.56. The van der Waals surface area contributed by atoms with E-state index in [9.17, 15) is 0 Å². The van der Waals surface area contributed by atoms with Crippen LogP contribution < -0.4 is 5.73 Å². The predicted molar refractivity (Wildman–Crippen MR) is 48.7 cm³/mol. The largest absolute Gasteiger partial charge is 0.374 e. The molecule has 2 N–H and O–H groups in total. The van der Waals surface area contributed by atoms with E-state index in [4.69, 9.17) is 16.9 Å². The number of hydrogen-bond acceptors (Lipinski definition) is 3. The van der Waals surface area contributed by atoms with Crippen molar-refractivity contribution in [3.63, 3.8) is 0 Å². The summed E-state index contributed by atoms with van der Waals surface area (Å²) in [7, 11) is 2.07. The molecule has 1 heterocycles. The van der Waals surface area contributed by atoms with Crippen LogP contribution in [0.25, 0.3) is 0 Å². The highest BCUT2D eigenvalue weighted by Crippen LogP contribution is 2.07. The third-order valence-corrected chi connectivity index (χ3v) is 2.13. The molecular formula is C9H16N2O. The lowest BCUT2D eigenvalue weighted by Crippen LogP contribution is -2.49. The van der Waals surface area contributed by atoms with E-state index in [1.54, 1.807) is 0 Å². The lowest BCUT2D eigenvalue weighted by molar-refractivity contribution is -0.0312. The first-order chi connectivity index (χ1) is 5.74. The summed E-state index contributed by atoms with van der Waals surface area (Å²) in [5, 5.41) is 0. The fourth-order valence-electron chi connectivity index (χ4n) is 1.34. The summed E-state index contributed by atoms with van der Waals surface area (Å²) in [6.07, 6.45) is 5.88. The summed E-state index contributed by atoms with van der Waals surface area (Å²) in [5.41, 5.74) is 5.83. The van der Waals surface area contributed by atoms with Gasteiger partial charge in [-0.25, -0.2) is 0 Å². The zero-order valence-electron chi connectivity index (χ0n) is 7.49. The van der Waals surface area contributed by atoms with E-state index in [1.807, 2.05) is 0 Å². The zero-order valence-corrected chi connectivity index (χ0v) is 7.49. The third kappa shape index (κ3) is 2.49. The molecule has 0 radical (unpaired) electrons. The minimum atomic E-state index is -0.0160. The molecule has 0 aromatic rings. The van der Waals surface area contributed by atoms with E-state index in [0.29, 0.717) is 6.42 Å². The predicted octanol–water partition coefficient (Wildman–Crippen LogP) is -0.332. The molecule has 0 aromatic heterocycles. The highest BCUT2D eigenvalue weighted by atomic mass is 16.5. The molecule has 0 amide bonds. The Bertz CT molecular complexity index is 176. The van der Waals surface area contributed by atoms with Crippen molar-refractivity contribution in [1.82, 2.24) is 4.90 Å². The van der Waals surface area contributed by atoms with Crippen LogP contribution in [0.3, 0.4) is 0 Å². The monoisotopic (exact) mass is 168 g/mol. The van der Waals surface area contributed by atoms with Gasteiger partial charge in [0, 0.05) is 25.6 Å². The van der Waals surface area contributed by atoms with Gasteiger partial charge in [-0.2, -0.15) is 0 Å². The van der Waals surface area contributed by atoms with Crippen LogP contribution in [-0.4, -0.2) is 43.8 Å². The molecule has 12 heavy (non-hydrogen) atoms. The molecule has 0 spiro atoms. The molecule has 1 aliphatic heterocycles. The Labute approximate surface area is 73.9 Å². The van der Waals surface area contributed by atoms with Gasteiger partial charge in [-0.05, 0) is 7.05 Å². The van der Waals surface area contributed by atoms with Gasteiger partial charge in [-0.1, -0.05) is 0 Å². The third-order valence-electron chi connectivity index (χ3n) is 2.13. The van der Waals surface area contributed by atoms with Crippen LogP contribution in [0, 0.1) is 12.3 Å². The second kappa shape index (κ2) is 4.46. The molecule has 1 aliphatic rings. The van der Waals surface area contributed by atoms with Crippen molar-refractivity contribution in [3.05, 3.63) is 0 Å². The van der Waals surface area contributed by atoms with Crippen LogP contribution in [0.1, 0.15) is 6.42 Å². The Kier molecular flexibility index (Phi) is 3.54. The highest BCUT2D eigenvalue weighted by Gasteiger charge is 2.22. The Balaban J connectivity index is 2.35. The fraction of sp³-hybridized carbons (Fsp3) is 0.778. The van der Waals surface area contributed by atoms with E-state index in [2.05, 4.69) is 17.9 Å². The average molecular weight is 168 g/mol. The van der Waals surface area contributed by atoms with Crippen LogP contribution in [0.4, 0.5) is 0 Å². The molecule has 0 aromatic carbocycles. The summed E-state index contributed by atoms with van der Waals surface area (Å²) >= 11 is 0. The number of terminal acetylenes is 1. The van der Waals surface area contributed by atoms with Crippen molar-refractivity contribution < 1.29 is 4.74 Å². The molecular weight excluding hydrogens is 152 g/mol. The first-order valence-electron chi connectivity index (χ1n) is 4.23. The van der Waals surface area contributed by atoms with Gasteiger partial charge in [0.15, 0.2) is 0 Å². The molecule has 2 unspecified atom stereocenters. The van der Waals surface area contributed by atoms with Crippen molar-refractivity contribution in [2.45, 2.75) is 18.6 Å². The van der Waals surface area contributed by atoms with Gasteiger partial charge in [-0.15, -0.1) is 12.3 Å². The molecule has 0 saturated carbocycles. The van der Waals surface area contributed by atoms with Crippen molar-refractivity contribution in [2.75, 3.05) is 26.7 Å². The molecule has 0 bridgehead atoms. The molecule has 68 valence electrons. The van der Waals surface area contributed by atoms with Crippen LogP contribution >= 0.6 is 0 Å². The van der Waals surface area contributed by atoms with Crippen LogP contribution in [0.2, 0.25) is 0 Å². The topological polar surface area (TPSA) is 38.5 Å². The Morgan fingerprint density at radius 1 is 1.83 bits per heavy atom. The van der Waals surface area contributed by atoms with Crippen molar-refractivity contribution >= 4 is 0 Å². The first kappa shape index (κ1) is 9.53. The standard InChI is InChI=1S/C9H16N2O/c1-3-4-8(10)9-7-11(2)5-6-12-9/h1,8-9H,4-7,10H2,2H3. The first-order valence-corrected chi connectivity index (χ1v) is 4.23. The van der Waals surface area contributed by atoms with Gasteiger partial charge in [0.1, 0.15) is 0 Å². The Morgan fingerprint density at radius 2 is 2.58 bits per heavy atom. The maximum absolute atomic E-state index is 5.83. The van der Waals surface area contributed by atoms with E-state index in [1.165, 1.54) is 0 Å². The highest BCUT2D eigenvalue weighted by molar-refractivity contribution is 4.92. The van der Waals surface area contributed by atoms with Crippen molar-refractivity contribution in [3.8, 4) is 12.3 Å².